The molecule has 0 saturated heterocycles. The molecular weight excluding hydrogens is 206 g/mol. The van der Waals surface area contributed by atoms with Crippen LogP contribution in [0.25, 0.3) is 5.69 Å². The van der Waals surface area contributed by atoms with E-state index in [2.05, 4.69) is 17.4 Å². The maximum atomic E-state index is 5.67. The minimum Gasteiger partial charge on any atom is -0.382 e. The van der Waals surface area contributed by atoms with Crippen LogP contribution in [-0.2, 0) is 0 Å². The zero-order valence-electron chi connectivity index (χ0n) is 8.77. The highest BCUT2D eigenvalue weighted by Crippen LogP contribution is 2.24. The van der Waals surface area contributed by atoms with Gasteiger partial charge in [0.05, 0.1) is 5.69 Å². The number of nitrogen functional groups attached to an aromatic ring is 1. The Labute approximate surface area is 93.3 Å². The molecule has 0 atom stereocenters. The minimum absolute atomic E-state index is 0.559. The second-order valence-corrected chi connectivity index (χ2v) is 4.14. The molecule has 1 aromatic carbocycles. The van der Waals surface area contributed by atoms with E-state index < -0.39 is 0 Å². The number of hydrogen-bond acceptors (Lipinski definition) is 3. The van der Waals surface area contributed by atoms with Crippen molar-refractivity contribution in [1.29, 1.82) is 0 Å². The summed E-state index contributed by atoms with van der Waals surface area (Å²) in [5.74, 6) is 0.559. The van der Waals surface area contributed by atoms with Crippen molar-refractivity contribution in [1.82, 2.24) is 9.78 Å². The lowest BCUT2D eigenvalue weighted by Crippen LogP contribution is -2.00. The predicted molar refractivity (Wildman–Crippen MR) is 64.5 cm³/mol. The molecule has 0 saturated carbocycles. The Balaban J connectivity index is 2.58. The fraction of sp³-hybridized carbons (Fsp3) is 0.182. The van der Waals surface area contributed by atoms with Gasteiger partial charge in [0.2, 0.25) is 0 Å². The molecule has 3 nitrogen and oxygen atoms in total. The summed E-state index contributed by atoms with van der Waals surface area (Å²) < 4.78 is 1.88. The van der Waals surface area contributed by atoms with Gasteiger partial charge in [-0.3, -0.25) is 0 Å². The molecule has 0 radical (unpaired) electrons. The third-order valence-corrected chi connectivity index (χ3v) is 3.00. The van der Waals surface area contributed by atoms with E-state index in [1.165, 1.54) is 4.90 Å². The summed E-state index contributed by atoms with van der Waals surface area (Å²) in [4.78, 5) is 1.20. The molecule has 0 aliphatic rings. The van der Waals surface area contributed by atoms with Gasteiger partial charge in [0, 0.05) is 16.7 Å². The largest absolute Gasteiger partial charge is 0.382 e. The topological polar surface area (TPSA) is 43.8 Å². The number of benzene rings is 1. The molecule has 78 valence electrons. The van der Waals surface area contributed by atoms with Gasteiger partial charge >= 0.3 is 0 Å². The Bertz CT molecular complexity index is 476. The zero-order valence-corrected chi connectivity index (χ0v) is 9.58. The first-order chi connectivity index (χ1) is 7.22. The second-order valence-electron chi connectivity index (χ2n) is 3.29. The van der Waals surface area contributed by atoms with Crippen molar-refractivity contribution < 1.29 is 0 Å². The number of thioether (sulfide) groups is 1. The fourth-order valence-electron chi connectivity index (χ4n) is 1.55. The first-order valence-electron chi connectivity index (χ1n) is 4.68. The molecule has 2 N–H and O–H groups in total. The molecule has 0 spiro atoms. The summed E-state index contributed by atoms with van der Waals surface area (Å²) in [5, 5.41) is 4.27. The summed E-state index contributed by atoms with van der Waals surface area (Å²) in [6, 6.07) is 10.0. The maximum Gasteiger partial charge on any atom is 0.146 e. The number of para-hydroxylation sites is 1. The Morgan fingerprint density at radius 2 is 2.07 bits per heavy atom. The van der Waals surface area contributed by atoms with Crippen molar-refractivity contribution in [3.05, 3.63) is 36.0 Å². The van der Waals surface area contributed by atoms with E-state index in [1.54, 1.807) is 11.8 Å². The van der Waals surface area contributed by atoms with Crippen LogP contribution in [0.4, 0.5) is 5.82 Å². The molecule has 4 heteroatoms. The van der Waals surface area contributed by atoms with Crippen LogP contribution in [0.2, 0.25) is 0 Å². The number of rotatable bonds is 2. The highest BCUT2D eigenvalue weighted by molar-refractivity contribution is 7.98. The summed E-state index contributed by atoms with van der Waals surface area (Å²) >= 11 is 1.71. The van der Waals surface area contributed by atoms with E-state index in [1.807, 2.05) is 35.9 Å². The van der Waals surface area contributed by atoms with Crippen LogP contribution in [0.5, 0.6) is 0 Å². The van der Waals surface area contributed by atoms with Gasteiger partial charge in [-0.2, -0.15) is 5.10 Å². The van der Waals surface area contributed by atoms with E-state index >= 15 is 0 Å². The summed E-state index contributed by atoms with van der Waals surface area (Å²) in [5.41, 5.74) is 7.80. The van der Waals surface area contributed by atoms with Gasteiger partial charge in [0.15, 0.2) is 0 Å². The Hall–Kier alpha value is -1.42. The molecule has 0 bridgehead atoms. The fourth-order valence-corrected chi connectivity index (χ4v) is 2.13. The quantitative estimate of drug-likeness (QED) is 0.789. The van der Waals surface area contributed by atoms with Crippen LogP contribution in [0.3, 0.4) is 0 Å². The lowest BCUT2D eigenvalue weighted by Gasteiger charge is -2.08. The molecule has 1 aromatic heterocycles. The summed E-state index contributed by atoms with van der Waals surface area (Å²) in [6.07, 6.45) is 2.06. The molecule has 15 heavy (non-hydrogen) atoms. The van der Waals surface area contributed by atoms with Gasteiger partial charge in [-0.1, -0.05) is 12.1 Å². The molecule has 2 aromatic rings. The average Bonchev–Trinajstić information content (AvgIpc) is 2.57. The van der Waals surface area contributed by atoms with Crippen LogP contribution in [-0.4, -0.2) is 16.0 Å². The molecule has 2 rings (SSSR count). The molecule has 0 aliphatic carbocycles. The van der Waals surface area contributed by atoms with Crippen molar-refractivity contribution in [2.45, 2.75) is 11.8 Å². The summed E-state index contributed by atoms with van der Waals surface area (Å²) in [6.45, 7) is 2.00. The minimum atomic E-state index is 0.559. The highest BCUT2D eigenvalue weighted by atomic mass is 32.2. The molecule has 0 amide bonds. The normalized spacial score (nSPS) is 10.5. The first kappa shape index (κ1) is 10.1. The SMILES string of the molecule is CSc1ccccc1-n1nc(N)cc1C. The second kappa shape index (κ2) is 3.98. The molecule has 0 fully saturated rings. The van der Waals surface area contributed by atoms with Crippen LogP contribution in [0.1, 0.15) is 5.69 Å². The number of aromatic nitrogens is 2. The third kappa shape index (κ3) is 1.85. The smallest absolute Gasteiger partial charge is 0.146 e. The van der Waals surface area contributed by atoms with E-state index in [0.717, 1.165) is 11.4 Å². The van der Waals surface area contributed by atoms with Crippen molar-refractivity contribution in [3.63, 3.8) is 0 Å². The molecule has 0 aliphatic heterocycles. The van der Waals surface area contributed by atoms with E-state index in [0.29, 0.717) is 5.82 Å². The van der Waals surface area contributed by atoms with Crippen LogP contribution in [0.15, 0.2) is 35.2 Å². The van der Waals surface area contributed by atoms with Crippen molar-refractivity contribution >= 4 is 17.6 Å². The number of anilines is 1. The lowest BCUT2D eigenvalue weighted by molar-refractivity contribution is 0.835. The number of nitrogens with two attached hydrogens (primary N) is 1. The van der Waals surface area contributed by atoms with E-state index in [4.69, 9.17) is 5.73 Å². The first-order valence-corrected chi connectivity index (χ1v) is 5.90. The maximum absolute atomic E-state index is 5.67. The van der Waals surface area contributed by atoms with Crippen LogP contribution < -0.4 is 5.73 Å². The summed E-state index contributed by atoms with van der Waals surface area (Å²) in [7, 11) is 0. The predicted octanol–water partition coefficient (Wildman–Crippen LogP) is 2.48. The van der Waals surface area contributed by atoms with Gasteiger partial charge in [-0.05, 0) is 25.3 Å². The molecular formula is C11H13N3S. The number of nitrogens with zero attached hydrogens (tertiary/aromatic N) is 2. The van der Waals surface area contributed by atoms with Gasteiger partial charge in [0.1, 0.15) is 5.82 Å². The third-order valence-electron chi connectivity index (χ3n) is 2.22. The Morgan fingerprint density at radius 1 is 1.33 bits per heavy atom. The van der Waals surface area contributed by atoms with Gasteiger partial charge in [0.25, 0.3) is 0 Å². The Kier molecular flexibility index (Phi) is 2.68. The standard InChI is InChI=1S/C11H13N3S/c1-8-7-11(12)13-14(8)9-5-3-4-6-10(9)15-2/h3-7H,1-2H3,(H2,12,13). The number of aryl methyl sites for hydroxylation is 1. The van der Waals surface area contributed by atoms with Gasteiger partial charge < -0.3 is 5.73 Å². The van der Waals surface area contributed by atoms with Crippen molar-refractivity contribution in [2.24, 2.45) is 0 Å². The molecule has 1 heterocycles. The van der Waals surface area contributed by atoms with E-state index in [9.17, 15) is 0 Å². The number of hydrogen-bond donors (Lipinski definition) is 1. The van der Waals surface area contributed by atoms with Gasteiger partial charge in [-0.25, -0.2) is 4.68 Å². The monoisotopic (exact) mass is 219 g/mol. The van der Waals surface area contributed by atoms with Crippen molar-refractivity contribution in [3.8, 4) is 5.69 Å². The van der Waals surface area contributed by atoms with Gasteiger partial charge in [-0.15, -0.1) is 11.8 Å². The zero-order chi connectivity index (χ0) is 10.8. The highest BCUT2D eigenvalue weighted by Gasteiger charge is 2.07. The lowest BCUT2D eigenvalue weighted by atomic mass is 10.3. The average molecular weight is 219 g/mol. The van der Waals surface area contributed by atoms with Crippen LogP contribution in [0, 0.1) is 6.92 Å². The molecule has 0 unspecified atom stereocenters. The van der Waals surface area contributed by atoms with Crippen molar-refractivity contribution in [2.75, 3.05) is 12.0 Å². The van der Waals surface area contributed by atoms with Crippen LogP contribution >= 0.6 is 11.8 Å². The van der Waals surface area contributed by atoms with E-state index in [-0.39, 0.29) is 0 Å². The Morgan fingerprint density at radius 3 is 2.67 bits per heavy atom.